The maximum absolute atomic E-state index is 14.7. The van der Waals surface area contributed by atoms with Crippen molar-refractivity contribution in [3.05, 3.63) is 112 Å². The zero-order valence-corrected chi connectivity index (χ0v) is 23.4. The van der Waals surface area contributed by atoms with Crippen molar-refractivity contribution >= 4 is 28.7 Å². The summed E-state index contributed by atoms with van der Waals surface area (Å²) in [5.41, 5.74) is 3.14. The Morgan fingerprint density at radius 2 is 1.60 bits per heavy atom. The summed E-state index contributed by atoms with van der Waals surface area (Å²) in [6, 6.07) is 16.7. The van der Waals surface area contributed by atoms with E-state index in [2.05, 4.69) is 29.9 Å². The minimum atomic E-state index is -4.61. The molecule has 1 saturated carbocycles. The van der Waals surface area contributed by atoms with Crippen LogP contribution in [0.5, 0.6) is 0 Å². The molecule has 3 nitrogen and oxygen atoms in total. The van der Waals surface area contributed by atoms with E-state index in [1.54, 1.807) is 6.07 Å². The molecule has 1 aliphatic rings. The van der Waals surface area contributed by atoms with Gasteiger partial charge in [0.15, 0.2) is 0 Å². The number of nitrogens with one attached hydrogen (secondary N) is 2. The molecule has 4 rings (SSSR count). The number of anilines is 2. The lowest BCUT2D eigenvalue weighted by Crippen LogP contribution is -2.14. The Kier molecular flexibility index (Phi) is 7.79. The molecule has 0 aliphatic heterocycles. The minimum Gasteiger partial charge on any atom is -0.359 e. The Hall–Kier alpha value is -3.76. The average molecular weight is 568 g/mol. The molecule has 0 aromatic heterocycles. The topological polar surface area (TPSA) is 47.9 Å². The van der Waals surface area contributed by atoms with Crippen LogP contribution in [0.25, 0.3) is 5.70 Å². The maximum atomic E-state index is 14.7. The lowest BCUT2D eigenvalue weighted by Gasteiger charge is -2.19. The highest BCUT2D eigenvalue weighted by atomic mass is 35.5. The van der Waals surface area contributed by atoms with Crippen LogP contribution in [0.15, 0.2) is 73.5 Å². The zero-order valence-electron chi connectivity index (χ0n) is 22.7. The Morgan fingerprint density at radius 1 is 0.925 bits per heavy atom. The molecule has 0 amide bonds. The largest absolute Gasteiger partial charge is 0.416 e. The van der Waals surface area contributed by atoms with Crippen molar-refractivity contribution < 1.29 is 17.6 Å². The van der Waals surface area contributed by atoms with Crippen LogP contribution in [0.1, 0.15) is 58.7 Å². The molecule has 1 aliphatic carbocycles. The minimum absolute atomic E-state index is 0.0484. The van der Waals surface area contributed by atoms with Crippen molar-refractivity contribution in [1.29, 1.82) is 5.26 Å². The van der Waals surface area contributed by atoms with Crippen LogP contribution in [-0.4, -0.2) is 5.38 Å². The number of alkyl halides is 5. The summed E-state index contributed by atoms with van der Waals surface area (Å²) in [5, 5.41) is 15.5. The fourth-order valence-corrected chi connectivity index (χ4v) is 5.34. The lowest BCUT2D eigenvalue weighted by atomic mass is 9.93. The molecule has 3 aromatic rings. The van der Waals surface area contributed by atoms with Crippen LogP contribution in [0.4, 0.5) is 28.9 Å². The molecule has 0 heterocycles. The smallest absolute Gasteiger partial charge is 0.359 e. The van der Waals surface area contributed by atoms with Gasteiger partial charge in [-0.3, -0.25) is 0 Å². The van der Waals surface area contributed by atoms with Gasteiger partial charge in [-0.1, -0.05) is 31.4 Å². The van der Waals surface area contributed by atoms with Crippen molar-refractivity contribution in [2.75, 3.05) is 10.6 Å². The third-order valence-electron chi connectivity index (χ3n) is 7.14. The summed E-state index contributed by atoms with van der Waals surface area (Å²) in [7, 11) is 0. The van der Waals surface area contributed by atoms with Crippen LogP contribution in [-0.2, 0) is 11.8 Å². The van der Waals surface area contributed by atoms with Gasteiger partial charge in [-0.15, -0.1) is 11.6 Å². The number of rotatable bonds is 8. The van der Waals surface area contributed by atoms with E-state index in [4.69, 9.17) is 11.6 Å². The molecule has 40 heavy (non-hydrogen) atoms. The number of nitrogens with zero attached hydrogens (tertiary/aromatic N) is 1. The molecule has 208 valence electrons. The van der Waals surface area contributed by atoms with Crippen LogP contribution in [0, 0.1) is 31.1 Å². The molecule has 3 aromatic carbocycles. The zero-order chi connectivity index (χ0) is 29.6. The van der Waals surface area contributed by atoms with Gasteiger partial charge in [0.2, 0.25) is 0 Å². The Morgan fingerprint density at radius 3 is 2.23 bits per heavy atom. The first-order valence-corrected chi connectivity index (χ1v) is 13.1. The van der Waals surface area contributed by atoms with Crippen molar-refractivity contribution in [2.45, 2.75) is 50.8 Å². The van der Waals surface area contributed by atoms with Crippen LogP contribution in [0.3, 0.4) is 0 Å². The highest BCUT2D eigenvalue weighted by Gasteiger charge is 2.52. The Balaban J connectivity index is 1.54. The number of aryl methyl sites for hydroxylation is 2. The van der Waals surface area contributed by atoms with E-state index >= 15 is 0 Å². The number of benzene rings is 3. The van der Waals surface area contributed by atoms with Crippen LogP contribution in [0.2, 0.25) is 0 Å². The van der Waals surface area contributed by atoms with Crippen molar-refractivity contribution in [3.8, 4) is 6.07 Å². The number of allylic oxidation sites excluding steroid dienone is 1. The number of hydrogen-bond acceptors (Lipinski definition) is 3. The van der Waals surface area contributed by atoms with Gasteiger partial charge in [-0.05, 0) is 86.3 Å². The molecule has 0 saturated heterocycles. The first-order chi connectivity index (χ1) is 18.6. The molecule has 3 atom stereocenters. The molecule has 3 unspecified atom stereocenters. The Labute approximate surface area is 237 Å². The van der Waals surface area contributed by atoms with E-state index in [-0.39, 0.29) is 11.5 Å². The second kappa shape index (κ2) is 10.7. The third-order valence-corrected chi connectivity index (χ3v) is 7.68. The summed E-state index contributed by atoms with van der Waals surface area (Å²) in [4.78, 5) is 0. The third kappa shape index (κ3) is 6.18. The normalized spacial score (nSPS) is 18.6. The van der Waals surface area contributed by atoms with Gasteiger partial charge in [0.05, 0.1) is 22.2 Å². The van der Waals surface area contributed by atoms with E-state index in [0.29, 0.717) is 33.9 Å². The first-order valence-electron chi connectivity index (χ1n) is 12.7. The van der Waals surface area contributed by atoms with Gasteiger partial charge < -0.3 is 10.6 Å². The second-order valence-electron chi connectivity index (χ2n) is 10.8. The van der Waals surface area contributed by atoms with E-state index in [1.165, 1.54) is 19.9 Å². The lowest BCUT2D eigenvalue weighted by molar-refractivity contribution is -0.137. The maximum Gasteiger partial charge on any atom is 0.416 e. The molecule has 1 fully saturated rings. The van der Waals surface area contributed by atoms with E-state index < -0.39 is 28.7 Å². The molecule has 2 N–H and O–H groups in total. The SMILES string of the molecule is C=C(Nc1ccc(C)cc1C#N)c1cc(NC(=C)C2C(Cl)C2c2cc(C(C)(C)F)cc(C(F)(F)F)c2)ccc1C. The van der Waals surface area contributed by atoms with Gasteiger partial charge in [0, 0.05) is 34.5 Å². The van der Waals surface area contributed by atoms with Crippen molar-refractivity contribution in [1.82, 2.24) is 0 Å². The van der Waals surface area contributed by atoms with Crippen LogP contribution >= 0.6 is 11.6 Å². The number of halogens is 5. The van der Waals surface area contributed by atoms with Crippen molar-refractivity contribution in [3.63, 3.8) is 0 Å². The highest BCUT2D eigenvalue weighted by molar-refractivity contribution is 6.24. The van der Waals surface area contributed by atoms with Crippen LogP contribution < -0.4 is 10.6 Å². The van der Waals surface area contributed by atoms with Gasteiger partial charge in [0.25, 0.3) is 0 Å². The van der Waals surface area contributed by atoms with Gasteiger partial charge in [0.1, 0.15) is 11.7 Å². The van der Waals surface area contributed by atoms with Gasteiger partial charge >= 0.3 is 6.18 Å². The summed E-state index contributed by atoms with van der Waals surface area (Å²) in [6.45, 7) is 14.6. The monoisotopic (exact) mass is 567 g/mol. The molecule has 0 bridgehead atoms. The fraction of sp³-hybridized carbons (Fsp3) is 0.281. The number of nitriles is 1. The predicted octanol–water partition coefficient (Wildman–Crippen LogP) is 9.43. The van der Waals surface area contributed by atoms with Crippen molar-refractivity contribution in [2.24, 2.45) is 5.92 Å². The second-order valence-corrected chi connectivity index (χ2v) is 11.3. The quantitative estimate of drug-likeness (QED) is 0.210. The van der Waals surface area contributed by atoms with E-state index in [9.17, 15) is 22.8 Å². The van der Waals surface area contributed by atoms with E-state index in [0.717, 1.165) is 28.8 Å². The predicted molar refractivity (Wildman–Crippen MR) is 154 cm³/mol. The highest BCUT2D eigenvalue weighted by Crippen LogP contribution is 2.56. The molecular weight excluding hydrogens is 538 g/mol. The standard InChI is InChI=1S/C32H30ClF4N3/c1-17-7-10-27(22(11-17)16-38)40-19(3)26-15-25(9-8-18(26)2)39-20(4)28-29(30(28)33)21-12-23(31(5,6)34)14-24(13-21)32(35,36)37/h7-15,28-30,39-40H,3-4H2,1-2,5-6H3. The molecule has 0 spiro atoms. The average Bonchev–Trinajstić information content (AvgIpc) is 3.55. The first kappa shape index (κ1) is 29.2. The summed E-state index contributed by atoms with van der Waals surface area (Å²) in [5.74, 6) is -0.796. The molecule has 0 radical (unpaired) electrons. The van der Waals surface area contributed by atoms with Gasteiger partial charge in [-0.2, -0.15) is 18.4 Å². The number of hydrogen-bond donors (Lipinski definition) is 2. The van der Waals surface area contributed by atoms with E-state index in [1.807, 2.05) is 44.2 Å². The summed E-state index contributed by atoms with van der Waals surface area (Å²) >= 11 is 6.56. The fourth-order valence-electron chi connectivity index (χ4n) is 4.81. The summed E-state index contributed by atoms with van der Waals surface area (Å²) < 4.78 is 55.4. The molecular formula is C32H30ClF4N3. The summed E-state index contributed by atoms with van der Waals surface area (Å²) in [6.07, 6.45) is -4.61. The Bertz CT molecular complexity index is 1500. The van der Waals surface area contributed by atoms with Gasteiger partial charge in [-0.25, -0.2) is 4.39 Å². The molecule has 8 heteroatoms.